The van der Waals surface area contributed by atoms with Gasteiger partial charge >= 0.3 is 0 Å². The van der Waals surface area contributed by atoms with Crippen LogP contribution in [0, 0.1) is 29.1 Å². The van der Waals surface area contributed by atoms with E-state index in [1.807, 2.05) is 30.3 Å². The van der Waals surface area contributed by atoms with E-state index in [-0.39, 0.29) is 29.4 Å². The van der Waals surface area contributed by atoms with Crippen molar-refractivity contribution in [1.29, 1.82) is 0 Å². The zero-order valence-electron chi connectivity index (χ0n) is 19.7. The van der Waals surface area contributed by atoms with Gasteiger partial charge in [-0.2, -0.15) is 4.31 Å². The number of rotatable bonds is 10. The standard InChI is InChI=1S/C25H22F5NO5S/c1-34-17-10-15(11-18(35-2)24(17)36-13-14-6-4-3-5-7-14)12-31(16-8-9-16)37(32,33)25-22(29)20(27)19(26)21(28)23(25)30/h3-7,10-11,16H,8-9,12-13H2,1-2H3. The second-order valence-corrected chi connectivity index (χ2v) is 10.1. The van der Waals surface area contributed by atoms with E-state index in [0.29, 0.717) is 17.1 Å². The first-order valence-electron chi connectivity index (χ1n) is 11.0. The summed E-state index contributed by atoms with van der Waals surface area (Å²) < 4.78 is 114. The predicted octanol–water partition coefficient (Wildman–Crippen LogP) is 5.33. The van der Waals surface area contributed by atoms with Crippen molar-refractivity contribution in [2.45, 2.75) is 36.9 Å². The zero-order valence-corrected chi connectivity index (χ0v) is 20.6. The van der Waals surface area contributed by atoms with E-state index in [2.05, 4.69) is 0 Å². The Hall–Kier alpha value is -3.38. The molecule has 0 spiro atoms. The highest BCUT2D eigenvalue weighted by Crippen LogP contribution is 2.42. The van der Waals surface area contributed by atoms with Gasteiger partial charge in [0.05, 0.1) is 14.2 Å². The minimum Gasteiger partial charge on any atom is -0.493 e. The maximum absolute atomic E-state index is 14.4. The summed E-state index contributed by atoms with van der Waals surface area (Å²) in [6, 6.07) is 11.5. The zero-order chi connectivity index (χ0) is 26.9. The van der Waals surface area contributed by atoms with Crippen LogP contribution in [0.1, 0.15) is 24.0 Å². The lowest BCUT2D eigenvalue weighted by Crippen LogP contribution is -2.34. The van der Waals surface area contributed by atoms with Crippen LogP contribution in [-0.2, 0) is 23.2 Å². The molecule has 0 amide bonds. The highest BCUT2D eigenvalue weighted by Gasteiger charge is 2.43. The molecule has 3 aromatic rings. The van der Waals surface area contributed by atoms with Gasteiger partial charge in [0.25, 0.3) is 0 Å². The van der Waals surface area contributed by atoms with Crippen LogP contribution in [-0.4, -0.2) is 33.0 Å². The number of hydrogen-bond donors (Lipinski definition) is 0. The van der Waals surface area contributed by atoms with Crippen molar-refractivity contribution < 1.29 is 44.6 Å². The normalized spacial score (nSPS) is 13.6. The van der Waals surface area contributed by atoms with Gasteiger partial charge in [0.2, 0.25) is 21.6 Å². The fraction of sp³-hybridized carbons (Fsp3) is 0.280. The highest BCUT2D eigenvalue weighted by molar-refractivity contribution is 7.89. The van der Waals surface area contributed by atoms with Crippen LogP contribution in [0.4, 0.5) is 22.0 Å². The Kier molecular flexibility index (Phi) is 7.60. The average Bonchev–Trinajstić information content (AvgIpc) is 3.73. The van der Waals surface area contributed by atoms with Gasteiger partial charge in [0.1, 0.15) is 6.61 Å². The third-order valence-electron chi connectivity index (χ3n) is 5.78. The Morgan fingerprint density at radius 3 is 1.81 bits per heavy atom. The topological polar surface area (TPSA) is 65.1 Å². The van der Waals surface area contributed by atoms with Gasteiger partial charge in [0, 0.05) is 12.6 Å². The van der Waals surface area contributed by atoms with Gasteiger partial charge in [-0.15, -0.1) is 0 Å². The Morgan fingerprint density at radius 1 is 0.811 bits per heavy atom. The summed E-state index contributed by atoms with van der Waals surface area (Å²) in [7, 11) is -2.41. The van der Waals surface area contributed by atoms with Crippen molar-refractivity contribution in [2.75, 3.05) is 14.2 Å². The largest absolute Gasteiger partial charge is 0.493 e. The molecule has 0 aromatic heterocycles. The lowest BCUT2D eigenvalue weighted by molar-refractivity contribution is 0.265. The Balaban J connectivity index is 1.70. The lowest BCUT2D eigenvalue weighted by Gasteiger charge is -2.24. The van der Waals surface area contributed by atoms with Crippen LogP contribution in [0.5, 0.6) is 17.2 Å². The molecule has 198 valence electrons. The van der Waals surface area contributed by atoms with E-state index in [9.17, 15) is 30.4 Å². The van der Waals surface area contributed by atoms with Crippen LogP contribution >= 0.6 is 0 Å². The van der Waals surface area contributed by atoms with Crippen LogP contribution in [0.25, 0.3) is 0 Å². The number of benzene rings is 3. The summed E-state index contributed by atoms with van der Waals surface area (Å²) in [6.07, 6.45) is 0.697. The molecule has 1 aliphatic carbocycles. The summed E-state index contributed by atoms with van der Waals surface area (Å²) in [4.78, 5) is -1.89. The Bertz CT molecular complexity index is 1360. The SMILES string of the molecule is COc1cc(CN(C2CC2)S(=O)(=O)c2c(F)c(F)c(F)c(F)c2F)cc(OC)c1OCc1ccccc1. The summed E-state index contributed by atoms with van der Waals surface area (Å²) in [5, 5.41) is 0. The van der Waals surface area contributed by atoms with Crippen LogP contribution in [0.15, 0.2) is 47.4 Å². The first kappa shape index (κ1) is 26.7. The van der Waals surface area contributed by atoms with Crippen LogP contribution < -0.4 is 14.2 Å². The molecular formula is C25H22F5NO5S. The van der Waals surface area contributed by atoms with Gasteiger partial charge in [-0.3, -0.25) is 0 Å². The summed E-state index contributed by atoms with van der Waals surface area (Å²) in [5.41, 5.74) is 1.14. The molecule has 1 fully saturated rings. The van der Waals surface area contributed by atoms with Crippen molar-refractivity contribution in [1.82, 2.24) is 4.31 Å². The molecule has 12 heteroatoms. The second-order valence-electron chi connectivity index (χ2n) is 8.28. The molecule has 0 atom stereocenters. The van der Waals surface area contributed by atoms with E-state index >= 15 is 0 Å². The molecule has 1 aliphatic rings. The Labute approximate surface area is 210 Å². The number of hydrogen-bond acceptors (Lipinski definition) is 5. The third-order valence-corrected chi connectivity index (χ3v) is 7.69. The molecule has 0 heterocycles. The minimum absolute atomic E-state index is 0.176. The van der Waals surface area contributed by atoms with Gasteiger partial charge < -0.3 is 14.2 Å². The number of ether oxygens (including phenoxy) is 3. The maximum atomic E-state index is 14.4. The summed E-state index contributed by atoms with van der Waals surface area (Å²) in [5.74, 6) is -11.3. The molecule has 0 radical (unpaired) electrons. The van der Waals surface area contributed by atoms with E-state index < -0.39 is 56.6 Å². The first-order valence-corrected chi connectivity index (χ1v) is 12.5. The van der Waals surface area contributed by atoms with Gasteiger partial charge in [-0.1, -0.05) is 30.3 Å². The fourth-order valence-corrected chi connectivity index (χ4v) is 5.57. The molecule has 0 bridgehead atoms. The molecular weight excluding hydrogens is 521 g/mol. The van der Waals surface area contributed by atoms with Gasteiger partial charge in [-0.05, 0) is 36.1 Å². The number of sulfonamides is 1. The summed E-state index contributed by atoms with van der Waals surface area (Å²) >= 11 is 0. The molecule has 0 unspecified atom stereocenters. The fourth-order valence-electron chi connectivity index (χ4n) is 3.78. The lowest BCUT2D eigenvalue weighted by atomic mass is 10.1. The third kappa shape index (κ3) is 5.21. The first-order chi connectivity index (χ1) is 17.6. The quantitative estimate of drug-likeness (QED) is 0.197. The smallest absolute Gasteiger partial charge is 0.249 e. The van der Waals surface area contributed by atoms with Gasteiger partial charge in [0.15, 0.2) is 39.7 Å². The molecule has 4 rings (SSSR count). The summed E-state index contributed by atoms with van der Waals surface area (Å²) in [6.45, 7) is -0.270. The predicted molar refractivity (Wildman–Crippen MR) is 122 cm³/mol. The van der Waals surface area contributed by atoms with Crippen molar-refractivity contribution in [3.63, 3.8) is 0 Å². The van der Waals surface area contributed by atoms with Crippen molar-refractivity contribution in [3.05, 3.63) is 82.7 Å². The maximum Gasteiger partial charge on any atom is 0.249 e. The van der Waals surface area contributed by atoms with Crippen molar-refractivity contribution >= 4 is 10.0 Å². The molecule has 6 nitrogen and oxygen atoms in total. The average molecular weight is 544 g/mol. The number of methoxy groups -OCH3 is 2. The molecule has 0 aliphatic heterocycles. The van der Waals surface area contributed by atoms with E-state index in [4.69, 9.17) is 14.2 Å². The van der Waals surface area contributed by atoms with E-state index in [0.717, 1.165) is 5.56 Å². The molecule has 1 saturated carbocycles. The monoisotopic (exact) mass is 543 g/mol. The highest BCUT2D eigenvalue weighted by atomic mass is 32.2. The van der Waals surface area contributed by atoms with Crippen molar-refractivity contribution in [3.8, 4) is 17.2 Å². The number of halogens is 5. The van der Waals surface area contributed by atoms with E-state index in [1.165, 1.54) is 26.4 Å². The number of nitrogens with zero attached hydrogens (tertiary/aromatic N) is 1. The molecule has 0 saturated heterocycles. The molecule has 0 N–H and O–H groups in total. The van der Waals surface area contributed by atoms with E-state index in [1.54, 1.807) is 0 Å². The second kappa shape index (κ2) is 10.5. The van der Waals surface area contributed by atoms with Crippen LogP contribution in [0.3, 0.4) is 0 Å². The minimum atomic E-state index is -5.13. The molecule has 3 aromatic carbocycles. The van der Waals surface area contributed by atoms with Gasteiger partial charge in [-0.25, -0.2) is 30.4 Å². The Morgan fingerprint density at radius 2 is 1.32 bits per heavy atom. The van der Waals surface area contributed by atoms with Crippen LogP contribution in [0.2, 0.25) is 0 Å². The molecule has 37 heavy (non-hydrogen) atoms. The van der Waals surface area contributed by atoms with Crippen molar-refractivity contribution in [2.24, 2.45) is 0 Å².